The quantitative estimate of drug-likeness (QED) is 0.759. The molecule has 4 nitrogen and oxygen atoms in total. The highest BCUT2D eigenvalue weighted by atomic mass is 16.3. The molecule has 1 heterocycles. The first-order chi connectivity index (χ1) is 10.6. The van der Waals surface area contributed by atoms with Crippen LogP contribution in [-0.2, 0) is 13.0 Å². The fourth-order valence-electron chi connectivity index (χ4n) is 2.67. The number of nitrogens with one attached hydrogen (secondary N) is 1. The summed E-state index contributed by atoms with van der Waals surface area (Å²) in [6.07, 6.45) is 0.947. The molecule has 114 valence electrons. The van der Waals surface area contributed by atoms with Gasteiger partial charge in [-0.2, -0.15) is 5.10 Å². The minimum atomic E-state index is 0.314. The van der Waals surface area contributed by atoms with Crippen LogP contribution in [0, 0.1) is 0 Å². The van der Waals surface area contributed by atoms with Crippen LogP contribution in [0.1, 0.15) is 18.2 Å². The average Bonchev–Trinajstić information content (AvgIpc) is 2.93. The molecule has 0 bridgehead atoms. The average molecular weight is 295 g/mol. The van der Waals surface area contributed by atoms with Crippen LogP contribution >= 0.6 is 0 Å². The highest BCUT2D eigenvalue weighted by Crippen LogP contribution is 2.18. The van der Waals surface area contributed by atoms with Gasteiger partial charge in [0.25, 0.3) is 0 Å². The van der Waals surface area contributed by atoms with Crippen LogP contribution in [0.5, 0.6) is 5.75 Å². The Morgan fingerprint density at radius 2 is 1.86 bits per heavy atom. The van der Waals surface area contributed by atoms with Crippen molar-refractivity contribution in [2.24, 2.45) is 0 Å². The summed E-state index contributed by atoms with van der Waals surface area (Å²) in [7, 11) is 2.13. The van der Waals surface area contributed by atoms with Gasteiger partial charge in [0.2, 0.25) is 0 Å². The molecule has 0 fully saturated rings. The number of hydrogen-bond acceptors (Lipinski definition) is 3. The number of hydrogen-bond donors (Lipinski definition) is 2. The lowest BCUT2D eigenvalue weighted by atomic mass is 10.1. The largest absolute Gasteiger partial charge is 0.508 e. The van der Waals surface area contributed by atoms with Crippen molar-refractivity contribution in [2.45, 2.75) is 25.9 Å². The van der Waals surface area contributed by atoms with Crippen LogP contribution in [0.4, 0.5) is 0 Å². The first-order valence-electron chi connectivity index (χ1n) is 7.53. The summed E-state index contributed by atoms with van der Waals surface area (Å²) in [5.74, 6) is 0.314. The van der Waals surface area contributed by atoms with E-state index in [0.29, 0.717) is 11.8 Å². The molecule has 0 radical (unpaired) electrons. The van der Waals surface area contributed by atoms with Gasteiger partial charge >= 0.3 is 0 Å². The third-order valence-corrected chi connectivity index (χ3v) is 4.17. The molecule has 0 aliphatic heterocycles. The van der Waals surface area contributed by atoms with Crippen molar-refractivity contribution in [1.82, 2.24) is 15.1 Å². The Balaban J connectivity index is 1.68. The lowest BCUT2D eigenvalue weighted by Gasteiger charge is -2.24. The third-order valence-electron chi connectivity index (χ3n) is 4.17. The maximum atomic E-state index is 9.35. The third kappa shape index (κ3) is 3.12. The fraction of sp³-hybridized carbons (Fsp3) is 0.278. The number of H-pyrrole nitrogens is 1. The van der Waals surface area contributed by atoms with Gasteiger partial charge in [-0.15, -0.1) is 0 Å². The van der Waals surface area contributed by atoms with Crippen molar-refractivity contribution >= 4 is 10.9 Å². The SMILES string of the molecule is CC(Cc1ccc(O)cc1)N(C)Cc1[nH]nc2ccccc12. The monoisotopic (exact) mass is 295 g/mol. The summed E-state index contributed by atoms with van der Waals surface area (Å²) in [6, 6.07) is 16.0. The number of fused-ring (bicyclic) bond motifs is 1. The molecular formula is C18H21N3O. The van der Waals surface area contributed by atoms with Crippen LogP contribution in [0.25, 0.3) is 10.9 Å². The Morgan fingerprint density at radius 3 is 2.64 bits per heavy atom. The number of rotatable bonds is 5. The topological polar surface area (TPSA) is 52.1 Å². The lowest BCUT2D eigenvalue weighted by Crippen LogP contribution is -2.30. The number of nitrogens with zero attached hydrogens (tertiary/aromatic N) is 2. The van der Waals surface area contributed by atoms with Crippen molar-refractivity contribution < 1.29 is 5.11 Å². The van der Waals surface area contributed by atoms with Crippen LogP contribution in [0.2, 0.25) is 0 Å². The molecule has 3 rings (SSSR count). The van der Waals surface area contributed by atoms with Crippen LogP contribution in [0.15, 0.2) is 48.5 Å². The number of aromatic hydroxyl groups is 1. The van der Waals surface area contributed by atoms with E-state index in [-0.39, 0.29) is 0 Å². The molecule has 1 unspecified atom stereocenters. The Kier molecular flexibility index (Phi) is 4.11. The second kappa shape index (κ2) is 6.20. The normalized spacial score (nSPS) is 12.9. The van der Waals surface area contributed by atoms with E-state index in [0.717, 1.165) is 24.2 Å². The molecule has 0 aliphatic rings. The Bertz CT molecular complexity index is 748. The lowest BCUT2D eigenvalue weighted by molar-refractivity contribution is 0.246. The van der Waals surface area contributed by atoms with E-state index in [4.69, 9.17) is 0 Å². The Hall–Kier alpha value is -2.33. The zero-order valence-corrected chi connectivity index (χ0v) is 13.0. The molecule has 22 heavy (non-hydrogen) atoms. The van der Waals surface area contributed by atoms with Crippen LogP contribution < -0.4 is 0 Å². The second-order valence-corrected chi connectivity index (χ2v) is 5.85. The minimum absolute atomic E-state index is 0.314. The second-order valence-electron chi connectivity index (χ2n) is 5.85. The number of phenols is 1. The summed E-state index contributed by atoms with van der Waals surface area (Å²) < 4.78 is 0. The van der Waals surface area contributed by atoms with Gasteiger partial charge in [-0.1, -0.05) is 30.3 Å². The van der Waals surface area contributed by atoms with Crippen LogP contribution in [0.3, 0.4) is 0 Å². The number of para-hydroxylation sites is 1. The van der Waals surface area contributed by atoms with Crippen LogP contribution in [-0.4, -0.2) is 33.3 Å². The highest BCUT2D eigenvalue weighted by molar-refractivity contribution is 5.81. The number of aromatic amines is 1. The molecule has 1 atom stereocenters. The number of aromatic nitrogens is 2. The Morgan fingerprint density at radius 1 is 1.14 bits per heavy atom. The number of benzene rings is 2. The molecule has 4 heteroatoms. The molecule has 0 aliphatic carbocycles. The summed E-state index contributed by atoms with van der Waals surface area (Å²) in [5.41, 5.74) is 3.39. The standard InChI is InChI=1S/C18H21N3O/c1-13(11-14-7-9-15(22)10-8-14)21(2)12-18-16-5-3-4-6-17(16)19-20-18/h3-10,13,22H,11-12H2,1-2H3,(H,19,20). The number of likely N-dealkylation sites (N-methyl/N-ethyl adjacent to an activating group) is 1. The van der Waals surface area contributed by atoms with E-state index in [9.17, 15) is 5.11 Å². The summed E-state index contributed by atoms with van der Waals surface area (Å²) in [6.45, 7) is 3.05. The van der Waals surface area contributed by atoms with Gasteiger partial charge < -0.3 is 5.11 Å². The predicted octanol–water partition coefficient (Wildman–Crippen LogP) is 3.33. The van der Waals surface area contributed by atoms with Crippen molar-refractivity contribution in [2.75, 3.05) is 7.05 Å². The van der Waals surface area contributed by atoms with Crippen molar-refractivity contribution in [1.29, 1.82) is 0 Å². The zero-order valence-electron chi connectivity index (χ0n) is 13.0. The molecule has 2 aromatic carbocycles. The molecule has 1 aromatic heterocycles. The van der Waals surface area contributed by atoms with Gasteiger partial charge in [-0.05, 0) is 44.2 Å². The molecule has 0 spiro atoms. The van der Waals surface area contributed by atoms with E-state index in [2.05, 4.69) is 35.1 Å². The summed E-state index contributed by atoms with van der Waals surface area (Å²) in [5, 5.41) is 18.0. The number of phenolic OH excluding ortho intramolecular Hbond substituents is 1. The van der Waals surface area contributed by atoms with Crippen molar-refractivity contribution in [3.8, 4) is 5.75 Å². The summed E-state index contributed by atoms with van der Waals surface area (Å²) >= 11 is 0. The van der Waals surface area contributed by atoms with E-state index < -0.39 is 0 Å². The molecular weight excluding hydrogens is 274 g/mol. The zero-order chi connectivity index (χ0) is 15.5. The van der Waals surface area contributed by atoms with Gasteiger partial charge in [0, 0.05) is 18.0 Å². The molecule has 0 amide bonds. The van der Waals surface area contributed by atoms with Gasteiger partial charge in [0.15, 0.2) is 0 Å². The predicted molar refractivity (Wildman–Crippen MR) is 88.8 cm³/mol. The fourth-order valence-corrected chi connectivity index (χ4v) is 2.67. The van der Waals surface area contributed by atoms with E-state index >= 15 is 0 Å². The maximum absolute atomic E-state index is 9.35. The smallest absolute Gasteiger partial charge is 0.115 e. The molecule has 0 saturated carbocycles. The minimum Gasteiger partial charge on any atom is -0.508 e. The van der Waals surface area contributed by atoms with E-state index in [1.165, 1.54) is 10.9 Å². The first kappa shape index (κ1) is 14.6. The molecule has 2 N–H and O–H groups in total. The summed E-state index contributed by atoms with van der Waals surface area (Å²) in [4.78, 5) is 2.31. The van der Waals surface area contributed by atoms with Crippen molar-refractivity contribution in [3.05, 3.63) is 59.8 Å². The molecule has 3 aromatic rings. The van der Waals surface area contributed by atoms with Gasteiger partial charge in [-0.3, -0.25) is 10.00 Å². The Labute approximate surface area is 130 Å². The van der Waals surface area contributed by atoms with E-state index in [1.807, 2.05) is 30.3 Å². The highest BCUT2D eigenvalue weighted by Gasteiger charge is 2.13. The van der Waals surface area contributed by atoms with Gasteiger partial charge in [0.1, 0.15) is 5.75 Å². The first-order valence-corrected chi connectivity index (χ1v) is 7.53. The molecule has 0 saturated heterocycles. The maximum Gasteiger partial charge on any atom is 0.115 e. The van der Waals surface area contributed by atoms with Crippen molar-refractivity contribution in [3.63, 3.8) is 0 Å². The van der Waals surface area contributed by atoms with Gasteiger partial charge in [0.05, 0.1) is 11.2 Å². The van der Waals surface area contributed by atoms with Gasteiger partial charge in [-0.25, -0.2) is 0 Å². The van der Waals surface area contributed by atoms with E-state index in [1.54, 1.807) is 12.1 Å².